The van der Waals surface area contributed by atoms with Crippen LogP contribution in [0.2, 0.25) is 0 Å². The van der Waals surface area contributed by atoms with E-state index in [0.29, 0.717) is 6.54 Å². The second kappa shape index (κ2) is 2.60. The van der Waals surface area contributed by atoms with Crippen molar-refractivity contribution in [2.75, 3.05) is 0 Å². The van der Waals surface area contributed by atoms with Crippen LogP contribution < -0.4 is 5.73 Å². The zero-order valence-corrected chi connectivity index (χ0v) is 6.96. The quantitative estimate of drug-likeness (QED) is 0.663. The highest BCUT2D eigenvalue weighted by atomic mass is 15.1. The topological polar surface area (TPSA) is 54.7 Å². The van der Waals surface area contributed by atoms with E-state index in [1.54, 1.807) is 0 Å². The maximum absolute atomic E-state index is 5.54. The fraction of sp³-hybridized carbons (Fsp3) is 0.222. The van der Waals surface area contributed by atoms with Gasteiger partial charge in [0.05, 0.1) is 11.2 Å². The number of aromatic amines is 1. The molecule has 0 fully saturated rings. The zero-order chi connectivity index (χ0) is 8.55. The molecule has 0 aliphatic rings. The van der Waals surface area contributed by atoms with Crippen LogP contribution in [-0.2, 0) is 6.54 Å². The summed E-state index contributed by atoms with van der Waals surface area (Å²) in [6.07, 6.45) is 0. The zero-order valence-electron chi connectivity index (χ0n) is 6.96. The van der Waals surface area contributed by atoms with Crippen LogP contribution in [-0.4, -0.2) is 10.2 Å². The minimum atomic E-state index is 0.514. The van der Waals surface area contributed by atoms with E-state index in [4.69, 9.17) is 5.73 Å². The summed E-state index contributed by atoms with van der Waals surface area (Å²) in [5.41, 5.74) is 8.77. The van der Waals surface area contributed by atoms with Gasteiger partial charge in [-0.2, -0.15) is 5.10 Å². The fourth-order valence-corrected chi connectivity index (χ4v) is 1.33. The summed E-state index contributed by atoms with van der Waals surface area (Å²) in [4.78, 5) is 0. The summed E-state index contributed by atoms with van der Waals surface area (Å²) in [6.45, 7) is 2.58. The van der Waals surface area contributed by atoms with E-state index in [1.165, 1.54) is 5.56 Å². The van der Waals surface area contributed by atoms with Crippen LogP contribution in [0.3, 0.4) is 0 Å². The summed E-state index contributed by atoms with van der Waals surface area (Å²) in [7, 11) is 0. The van der Waals surface area contributed by atoms with E-state index in [9.17, 15) is 0 Å². The third-order valence-corrected chi connectivity index (χ3v) is 1.99. The number of nitrogens with one attached hydrogen (secondary N) is 1. The first-order chi connectivity index (χ1) is 5.81. The Morgan fingerprint density at radius 1 is 1.50 bits per heavy atom. The third kappa shape index (κ3) is 0.987. The molecule has 2 rings (SSSR count). The SMILES string of the molecule is Cc1ccc2n[nH]c(CN)c2c1. The molecule has 0 bridgehead atoms. The Balaban J connectivity index is 2.75. The van der Waals surface area contributed by atoms with Crippen LogP contribution in [0.5, 0.6) is 0 Å². The lowest BCUT2D eigenvalue weighted by Crippen LogP contribution is -1.96. The van der Waals surface area contributed by atoms with E-state index in [2.05, 4.69) is 23.2 Å². The lowest BCUT2D eigenvalue weighted by atomic mass is 10.1. The molecule has 0 atom stereocenters. The first kappa shape index (κ1) is 7.31. The number of aryl methyl sites for hydroxylation is 1. The lowest BCUT2D eigenvalue weighted by Gasteiger charge is -1.93. The predicted octanol–water partition coefficient (Wildman–Crippen LogP) is 1.33. The average Bonchev–Trinajstić information content (AvgIpc) is 2.46. The molecule has 0 spiro atoms. The first-order valence-electron chi connectivity index (χ1n) is 3.95. The Kier molecular flexibility index (Phi) is 1.59. The van der Waals surface area contributed by atoms with Crippen molar-refractivity contribution in [2.24, 2.45) is 5.73 Å². The monoisotopic (exact) mass is 161 g/mol. The van der Waals surface area contributed by atoms with Crippen LogP contribution in [0.1, 0.15) is 11.3 Å². The van der Waals surface area contributed by atoms with E-state index < -0.39 is 0 Å². The number of aromatic nitrogens is 2. The Bertz CT molecular complexity index is 403. The van der Waals surface area contributed by atoms with Crippen molar-refractivity contribution in [3.63, 3.8) is 0 Å². The van der Waals surface area contributed by atoms with E-state index in [1.807, 2.05) is 12.1 Å². The average molecular weight is 161 g/mol. The number of benzene rings is 1. The Morgan fingerprint density at radius 2 is 2.33 bits per heavy atom. The molecule has 1 aromatic carbocycles. The largest absolute Gasteiger partial charge is 0.325 e. The van der Waals surface area contributed by atoms with Crippen molar-refractivity contribution in [2.45, 2.75) is 13.5 Å². The van der Waals surface area contributed by atoms with Gasteiger partial charge < -0.3 is 5.73 Å². The maximum atomic E-state index is 5.54. The van der Waals surface area contributed by atoms with Crippen LogP contribution in [0, 0.1) is 6.92 Å². The van der Waals surface area contributed by atoms with Crippen molar-refractivity contribution in [1.29, 1.82) is 0 Å². The normalized spacial score (nSPS) is 10.8. The van der Waals surface area contributed by atoms with Crippen molar-refractivity contribution in [3.8, 4) is 0 Å². The molecule has 1 aromatic heterocycles. The molecule has 62 valence electrons. The molecule has 0 aliphatic heterocycles. The fourth-order valence-electron chi connectivity index (χ4n) is 1.33. The molecule has 3 N–H and O–H groups in total. The van der Waals surface area contributed by atoms with Gasteiger partial charge in [0.25, 0.3) is 0 Å². The van der Waals surface area contributed by atoms with E-state index in [-0.39, 0.29) is 0 Å². The summed E-state index contributed by atoms with van der Waals surface area (Å²) >= 11 is 0. The second-order valence-corrected chi connectivity index (χ2v) is 2.93. The number of hydrogen-bond donors (Lipinski definition) is 2. The molecule has 0 radical (unpaired) electrons. The van der Waals surface area contributed by atoms with Gasteiger partial charge in [-0.15, -0.1) is 0 Å². The van der Waals surface area contributed by atoms with Gasteiger partial charge in [0.15, 0.2) is 0 Å². The molecule has 1 heterocycles. The van der Waals surface area contributed by atoms with Crippen LogP contribution in [0.4, 0.5) is 0 Å². The standard InChI is InChI=1S/C9H11N3/c1-6-2-3-8-7(4-6)9(5-10)12-11-8/h2-4H,5,10H2,1H3,(H,11,12). The molecule has 12 heavy (non-hydrogen) atoms. The van der Waals surface area contributed by atoms with Gasteiger partial charge >= 0.3 is 0 Å². The molecular formula is C9H11N3. The Labute approximate surface area is 70.6 Å². The third-order valence-electron chi connectivity index (χ3n) is 1.99. The first-order valence-corrected chi connectivity index (χ1v) is 3.95. The van der Waals surface area contributed by atoms with Crippen molar-refractivity contribution >= 4 is 10.9 Å². The maximum Gasteiger partial charge on any atom is 0.0924 e. The Morgan fingerprint density at radius 3 is 3.08 bits per heavy atom. The lowest BCUT2D eigenvalue weighted by molar-refractivity contribution is 0.959. The van der Waals surface area contributed by atoms with Gasteiger partial charge in [0.1, 0.15) is 0 Å². The predicted molar refractivity (Wildman–Crippen MR) is 48.7 cm³/mol. The molecule has 3 nitrogen and oxygen atoms in total. The van der Waals surface area contributed by atoms with Crippen LogP contribution >= 0.6 is 0 Å². The molecule has 0 saturated carbocycles. The highest BCUT2D eigenvalue weighted by Crippen LogP contribution is 2.16. The Hall–Kier alpha value is -1.35. The number of hydrogen-bond acceptors (Lipinski definition) is 2. The minimum Gasteiger partial charge on any atom is -0.325 e. The van der Waals surface area contributed by atoms with Gasteiger partial charge in [-0.1, -0.05) is 11.6 Å². The second-order valence-electron chi connectivity index (χ2n) is 2.93. The molecule has 0 amide bonds. The van der Waals surface area contributed by atoms with Crippen molar-refractivity contribution in [3.05, 3.63) is 29.5 Å². The molecule has 3 heteroatoms. The number of fused-ring (bicyclic) bond motifs is 1. The number of rotatable bonds is 1. The van der Waals surface area contributed by atoms with E-state index in [0.717, 1.165) is 16.6 Å². The highest BCUT2D eigenvalue weighted by molar-refractivity contribution is 5.81. The molecular weight excluding hydrogens is 150 g/mol. The smallest absolute Gasteiger partial charge is 0.0924 e. The van der Waals surface area contributed by atoms with Crippen molar-refractivity contribution in [1.82, 2.24) is 10.2 Å². The van der Waals surface area contributed by atoms with Crippen LogP contribution in [0.25, 0.3) is 10.9 Å². The highest BCUT2D eigenvalue weighted by Gasteiger charge is 2.02. The summed E-state index contributed by atoms with van der Waals surface area (Å²) in [5.74, 6) is 0. The minimum absolute atomic E-state index is 0.514. The van der Waals surface area contributed by atoms with Gasteiger partial charge in [-0.05, 0) is 19.1 Å². The van der Waals surface area contributed by atoms with Gasteiger partial charge in [-0.3, -0.25) is 5.10 Å². The van der Waals surface area contributed by atoms with Gasteiger partial charge in [0, 0.05) is 11.9 Å². The summed E-state index contributed by atoms with van der Waals surface area (Å²) in [5, 5.41) is 8.18. The van der Waals surface area contributed by atoms with Crippen molar-refractivity contribution < 1.29 is 0 Å². The summed E-state index contributed by atoms with van der Waals surface area (Å²) < 4.78 is 0. The van der Waals surface area contributed by atoms with Gasteiger partial charge in [-0.25, -0.2) is 0 Å². The number of nitrogens with zero attached hydrogens (tertiary/aromatic N) is 1. The molecule has 0 saturated heterocycles. The molecule has 0 unspecified atom stereocenters. The van der Waals surface area contributed by atoms with E-state index >= 15 is 0 Å². The van der Waals surface area contributed by atoms with Gasteiger partial charge in [0.2, 0.25) is 0 Å². The molecule has 0 aliphatic carbocycles. The van der Waals surface area contributed by atoms with Crippen LogP contribution in [0.15, 0.2) is 18.2 Å². The number of H-pyrrole nitrogens is 1. The summed E-state index contributed by atoms with van der Waals surface area (Å²) in [6, 6.07) is 6.14. The molecule has 2 aromatic rings. The number of nitrogens with two attached hydrogens (primary N) is 1.